The lowest BCUT2D eigenvalue weighted by atomic mass is 9.88. The number of nitrogens with one attached hydrogen (secondary N) is 1. The zero-order valence-corrected chi connectivity index (χ0v) is 10.4. The lowest BCUT2D eigenvalue weighted by molar-refractivity contribution is -0.114. The van der Waals surface area contributed by atoms with Crippen LogP contribution in [0.15, 0.2) is 17.3 Å². The molecule has 6 heteroatoms. The Hall–Kier alpha value is -1.88. The maximum atomic E-state index is 12.1. The molecule has 1 amide bonds. The van der Waals surface area contributed by atoms with Crippen LogP contribution in [0.5, 0.6) is 0 Å². The minimum absolute atomic E-state index is 0.0939. The third kappa shape index (κ3) is 2.22. The Kier molecular flexibility index (Phi) is 3.34. The Morgan fingerprint density at radius 2 is 2.17 bits per heavy atom. The Bertz CT molecular complexity index is 567. The SMILES string of the molecule is CC(=O)Nc1cc(Cl)cc2c1C(=O)C(=NO)CC2. The van der Waals surface area contributed by atoms with E-state index in [0.717, 1.165) is 5.56 Å². The van der Waals surface area contributed by atoms with Crippen molar-refractivity contribution in [2.45, 2.75) is 19.8 Å². The Balaban J connectivity index is 2.58. The van der Waals surface area contributed by atoms with Gasteiger partial charge >= 0.3 is 0 Å². The molecular weight excluding hydrogens is 256 g/mol. The molecule has 0 fully saturated rings. The van der Waals surface area contributed by atoms with E-state index in [1.54, 1.807) is 6.07 Å². The Morgan fingerprint density at radius 1 is 1.44 bits per heavy atom. The van der Waals surface area contributed by atoms with Gasteiger partial charge < -0.3 is 10.5 Å². The fourth-order valence-electron chi connectivity index (χ4n) is 2.02. The standard InChI is InChI=1S/C12H11ClN2O3/c1-6(16)14-10-5-8(13)4-7-2-3-9(15-18)12(17)11(7)10/h4-5,18H,2-3H2,1H3,(H,14,16). The average Bonchev–Trinajstić information content (AvgIpc) is 2.27. The molecule has 0 aliphatic heterocycles. The van der Waals surface area contributed by atoms with Crippen LogP contribution in [0, 0.1) is 0 Å². The fraction of sp³-hybridized carbons (Fsp3) is 0.250. The van der Waals surface area contributed by atoms with Gasteiger partial charge in [-0.25, -0.2) is 0 Å². The van der Waals surface area contributed by atoms with E-state index >= 15 is 0 Å². The number of hydrogen-bond acceptors (Lipinski definition) is 4. The smallest absolute Gasteiger partial charge is 0.221 e. The van der Waals surface area contributed by atoms with Crippen molar-refractivity contribution in [3.05, 3.63) is 28.3 Å². The maximum Gasteiger partial charge on any atom is 0.221 e. The molecule has 0 heterocycles. The molecule has 94 valence electrons. The minimum atomic E-state index is -0.376. The van der Waals surface area contributed by atoms with E-state index < -0.39 is 0 Å². The lowest BCUT2D eigenvalue weighted by Gasteiger charge is -2.19. The molecule has 0 atom stereocenters. The lowest BCUT2D eigenvalue weighted by Crippen LogP contribution is -2.25. The van der Waals surface area contributed by atoms with Crippen LogP contribution in [0.1, 0.15) is 29.3 Å². The number of oxime groups is 1. The summed E-state index contributed by atoms with van der Waals surface area (Å²) in [6, 6.07) is 3.20. The molecule has 0 radical (unpaired) electrons. The Morgan fingerprint density at radius 3 is 2.78 bits per heavy atom. The summed E-state index contributed by atoms with van der Waals surface area (Å²) in [6.07, 6.45) is 0.912. The van der Waals surface area contributed by atoms with Crippen LogP contribution < -0.4 is 5.32 Å². The number of halogens is 1. The molecular formula is C12H11ClN2O3. The predicted octanol–water partition coefficient (Wildman–Crippen LogP) is 2.26. The first-order chi connectivity index (χ1) is 8.52. The van der Waals surface area contributed by atoms with Crippen molar-refractivity contribution in [1.82, 2.24) is 0 Å². The monoisotopic (exact) mass is 266 g/mol. The van der Waals surface area contributed by atoms with Gasteiger partial charge in [-0.1, -0.05) is 16.8 Å². The molecule has 18 heavy (non-hydrogen) atoms. The number of fused-ring (bicyclic) bond motifs is 1. The van der Waals surface area contributed by atoms with Gasteiger partial charge in [0.1, 0.15) is 5.71 Å². The van der Waals surface area contributed by atoms with Crippen molar-refractivity contribution < 1.29 is 14.8 Å². The topological polar surface area (TPSA) is 78.8 Å². The summed E-state index contributed by atoms with van der Waals surface area (Å²) in [4.78, 5) is 23.2. The molecule has 2 rings (SSSR count). The number of ketones is 1. The third-order valence-electron chi connectivity index (χ3n) is 2.74. The van der Waals surface area contributed by atoms with E-state index in [0.29, 0.717) is 29.1 Å². The zero-order valence-electron chi connectivity index (χ0n) is 9.66. The quantitative estimate of drug-likeness (QED) is 0.604. The first-order valence-electron chi connectivity index (χ1n) is 5.38. The second-order valence-corrected chi connectivity index (χ2v) is 4.48. The van der Waals surface area contributed by atoms with Crippen LogP contribution >= 0.6 is 11.6 Å². The van der Waals surface area contributed by atoms with Gasteiger partial charge in [0.25, 0.3) is 0 Å². The predicted molar refractivity (Wildman–Crippen MR) is 67.6 cm³/mol. The molecule has 1 aromatic carbocycles. The molecule has 0 unspecified atom stereocenters. The Labute approximate surface area is 108 Å². The van der Waals surface area contributed by atoms with Gasteiger partial charge in [0, 0.05) is 18.4 Å². The number of amides is 1. The fourth-order valence-corrected chi connectivity index (χ4v) is 2.26. The van der Waals surface area contributed by atoms with Crippen molar-refractivity contribution in [1.29, 1.82) is 0 Å². The van der Waals surface area contributed by atoms with Gasteiger partial charge in [-0.15, -0.1) is 0 Å². The molecule has 0 bridgehead atoms. The number of nitrogens with zero attached hydrogens (tertiary/aromatic N) is 1. The number of carbonyl (C=O) groups excluding carboxylic acids is 2. The number of benzene rings is 1. The number of anilines is 1. The normalized spacial score (nSPS) is 16.6. The molecule has 5 nitrogen and oxygen atoms in total. The summed E-state index contributed by atoms with van der Waals surface area (Å²) in [5.41, 5.74) is 1.56. The van der Waals surface area contributed by atoms with Crippen LogP contribution in [-0.2, 0) is 11.2 Å². The molecule has 1 aliphatic rings. The number of rotatable bonds is 1. The van der Waals surface area contributed by atoms with Crippen LogP contribution in [0.3, 0.4) is 0 Å². The van der Waals surface area contributed by atoms with E-state index in [4.69, 9.17) is 16.8 Å². The van der Waals surface area contributed by atoms with E-state index in [9.17, 15) is 9.59 Å². The van der Waals surface area contributed by atoms with Gasteiger partial charge in [-0.3, -0.25) is 9.59 Å². The van der Waals surface area contributed by atoms with Gasteiger partial charge in [0.15, 0.2) is 0 Å². The summed E-state index contributed by atoms with van der Waals surface area (Å²) in [5.74, 6) is -0.667. The first kappa shape index (κ1) is 12.6. The zero-order chi connectivity index (χ0) is 13.3. The highest BCUT2D eigenvalue weighted by Gasteiger charge is 2.27. The number of aryl methyl sites for hydroxylation is 1. The molecule has 0 spiro atoms. The van der Waals surface area contributed by atoms with Gasteiger partial charge in [0.2, 0.25) is 11.7 Å². The minimum Gasteiger partial charge on any atom is -0.411 e. The number of hydrogen-bond donors (Lipinski definition) is 2. The van der Waals surface area contributed by atoms with Gasteiger partial charge in [-0.2, -0.15) is 0 Å². The van der Waals surface area contributed by atoms with Crippen LogP contribution in [0.25, 0.3) is 0 Å². The largest absolute Gasteiger partial charge is 0.411 e. The maximum absolute atomic E-state index is 12.1. The highest BCUT2D eigenvalue weighted by atomic mass is 35.5. The van der Waals surface area contributed by atoms with Crippen molar-refractivity contribution >= 4 is 34.7 Å². The highest BCUT2D eigenvalue weighted by Crippen LogP contribution is 2.30. The third-order valence-corrected chi connectivity index (χ3v) is 2.95. The van der Waals surface area contributed by atoms with Gasteiger partial charge in [-0.05, 0) is 24.1 Å². The summed E-state index contributed by atoms with van der Waals surface area (Å²) in [6.45, 7) is 1.35. The van der Waals surface area contributed by atoms with E-state index in [2.05, 4.69) is 10.5 Å². The molecule has 0 aromatic heterocycles. The summed E-state index contributed by atoms with van der Waals surface area (Å²) in [5, 5.41) is 14.8. The average molecular weight is 267 g/mol. The summed E-state index contributed by atoms with van der Waals surface area (Å²) < 4.78 is 0. The second-order valence-electron chi connectivity index (χ2n) is 4.04. The van der Waals surface area contributed by atoms with Crippen LogP contribution in [-0.4, -0.2) is 22.6 Å². The van der Waals surface area contributed by atoms with Crippen LogP contribution in [0.2, 0.25) is 5.02 Å². The van der Waals surface area contributed by atoms with E-state index in [-0.39, 0.29) is 17.4 Å². The molecule has 0 saturated carbocycles. The van der Waals surface area contributed by atoms with Crippen molar-refractivity contribution in [2.24, 2.45) is 5.16 Å². The molecule has 2 N–H and O–H groups in total. The highest BCUT2D eigenvalue weighted by molar-refractivity contribution is 6.48. The first-order valence-corrected chi connectivity index (χ1v) is 5.76. The van der Waals surface area contributed by atoms with E-state index in [1.165, 1.54) is 13.0 Å². The van der Waals surface area contributed by atoms with Crippen molar-refractivity contribution in [3.8, 4) is 0 Å². The second kappa shape index (κ2) is 4.78. The van der Waals surface area contributed by atoms with Crippen LogP contribution in [0.4, 0.5) is 5.69 Å². The number of Topliss-reactive ketones (excluding diaryl/α,β-unsaturated/α-hetero) is 1. The van der Waals surface area contributed by atoms with Crippen molar-refractivity contribution in [2.75, 3.05) is 5.32 Å². The molecule has 0 saturated heterocycles. The summed E-state index contributed by atoms with van der Waals surface area (Å²) >= 11 is 5.94. The molecule has 1 aromatic rings. The molecule has 1 aliphatic carbocycles. The van der Waals surface area contributed by atoms with E-state index in [1.807, 2.05) is 0 Å². The number of carbonyl (C=O) groups is 2. The van der Waals surface area contributed by atoms with Gasteiger partial charge in [0.05, 0.1) is 11.3 Å². The summed E-state index contributed by atoms with van der Waals surface area (Å²) in [7, 11) is 0. The van der Waals surface area contributed by atoms with Crippen molar-refractivity contribution in [3.63, 3.8) is 0 Å².